The highest BCUT2D eigenvalue weighted by Gasteiger charge is 2.32. The number of halogens is 1. The highest BCUT2D eigenvalue weighted by atomic mass is 32.2. The SMILES string of the molecule is CC(C)S(=O)(=O)CC1=CS(=O)(=O)c2cccc(F)c21. The van der Waals surface area contributed by atoms with Gasteiger partial charge in [0.25, 0.3) is 0 Å². The van der Waals surface area contributed by atoms with Gasteiger partial charge in [-0.1, -0.05) is 6.07 Å². The third-order valence-electron chi connectivity index (χ3n) is 2.98. The van der Waals surface area contributed by atoms with Crippen LogP contribution in [0.3, 0.4) is 0 Å². The van der Waals surface area contributed by atoms with Crippen LogP contribution in [0.2, 0.25) is 0 Å². The lowest BCUT2D eigenvalue weighted by Crippen LogP contribution is -2.18. The van der Waals surface area contributed by atoms with Crippen LogP contribution >= 0.6 is 0 Å². The Labute approximate surface area is 111 Å². The Bertz CT molecular complexity index is 759. The van der Waals surface area contributed by atoms with Gasteiger partial charge in [-0.3, -0.25) is 0 Å². The third-order valence-corrected chi connectivity index (χ3v) is 6.67. The molecule has 0 spiro atoms. The maximum Gasteiger partial charge on any atom is 0.200 e. The summed E-state index contributed by atoms with van der Waals surface area (Å²) in [6, 6.07) is 3.69. The molecule has 0 saturated heterocycles. The molecule has 0 aliphatic carbocycles. The van der Waals surface area contributed by atoms with Crippen LogP contribution in [0.25, 0.3) is 5.57 Å². The minimum Gasteiger partial charge on any atom is -0.228 e. The van der Waals surface area contributed by atoms with Gasteiger partial charge in [-0.15, -0.1) is 0 Å². The Morgan fingerprint density at radius 1 is 1.26 bits per heavy atom. The minimum atomic E-state index is -3.74. The molecule has 0 saturated carbocycles. The molecule has 0 N–H and O–H groups in total. The Morgan fingerprint density at radius 3 is 2.47 bits per heavy atom. The lowest BCUT2D eigenvalue weighted by atomic mass is 10.1. The molecule has 1 aliphatic heterocycles. The van der Waals surface area contributed by atoms with Crippen molar-refractivity contribution in [2.24, 2.45) is 0 Å². The highest BCUT2D eigenvalue weighted by Crippen LogP contribution is 2.36. The number of rotatable bonds is 3. The van der Waals surface area contributed by atoms with E-state index in [2.05, 4.69) is 0 Å². The Kier molecular flexibility index (Phi) is 3.30. The largest absolute Gasteiger partial charge is 0.228 e. The second-order valence-corrected chi connectivity index (χ2v) is 8.98. The zero-order valence-electron chi connectivity index (χ0n) is 10.4. The summed E-state index contributed by atoms with van der Waals surface area (Å²) in [4.78, 5) is -0.165. The van der Waals surface area contributed by atoms with Crippen LogP contribution in [-0.2, 0) is 19.7 Å². The molecular formula is C12H13FO4S2. The van der Waals surface area contributed by atoms with Crippen molar-refractivity contribution >= 4 is 25.2 Å². The topological polar surface area (TPSA) is 68.3 Å². The lowest BCUT2D eigenvalue weighted by molar-refractivity contribution is 0.590. The van der Waals surface area contributed by atoms with Crippen molar-refractivity contribution in [3.63, 3.8) is 0 Å². The molecule has 0 radical (unpaired) electrons. The van der Waals surface area contributed by atoms with E-state index in [4.69, 9.17) is 0 Å². The number of hydrogen-bond donors (Lipinski definition) is 0. The second kappa shape index (κ2) is 4.42. The van der Waals surface area contributed by atoms with Gasteiger partial charge in [-0.25, -0.2) is 21.2 Å². The smallest absolute Gasteiger partial charge is 0.200 e. The maximum absolute atomic E-state index is 13.8. The zero-order chi connectivity index (χ0) is 14.4. The van der Waals surface area contributed by atoms with Crippen molar-refractivity contribution in [1.29, 1.82) is 0 Å². The van der Waals surface area contributed by atoms with Crippen LogP contribution in [0.1, 0.15) is 19.4 Å². The summed E-state index contributed by atoms with van der Waals surface area (Å²) in [7, 11) is -7.23. The fourth-order valence-corrected chi connectivity index (χ4v) is 4.44. The van der Waals surface area contributed by atoms with Crippen LogP contribution in [0.15, 0.2) is 28.5 Å². The molecule has 1 aromatic rings. The summed E-state index contributed by atoms with van der Waals surface area (Å²) in [6.07, 6.45) is 0. The van der Waals surface area contributed by atoms with E-state index in [-0.39, 0.29) is 16.0 Å². The molecule has 0 atom stereocenters. The van der Waals surface area contributed by atoms with Gasteiger partial charge in [0.2, 0.25) is 9.84 Å². The van der Waals surface area contributed by atoms with E-state index in [9.17, 15) is 21.2 Å². The average Bonchev–Trinajstić information content (AvgIpc) is 2.51. The summed E-state index contributed by atoms with van der Waals surface area (Å²) >= 11 is 0. The summed E-state index contributed by atoms with van der Waals surface area (Å²) in [5.74, 6) is -1.19. The molecule has 0 aromatic heterocycles. The molecule has 1 aromatic carbocycles. The quantitative estimate of drug-likeness (QED) is 0.853. The molecule has 4 nitrogen and oxygen atoms in total. The van der Waals surface area contributed by atoms with Crippen molar-refractivity contribution in [3.05, 3.63) is 35.0 Å². The van der Waals surface area contributed by atoms with E-state index in [1.54, 1.807) is 0 Å². The standard InChI is InChI=1S/C12H13FO4S2/c1-8(2)18(14,15)6-9-7-19(16,17)11-5-3-4-10(13)12(9)11/h3-5,7-8H,6H2,1-2H3. The minimum absolute atomic E-state index is 0.00167. The Balaban J connectivity index is 2.59. The predicted molar refractivity (Wildman–Crippen MR) is 70.5 cm³/mol. The van der Waals surface area contributed by atoms with Crippen molar-refractivity contribution in [1.82, 2.24) is 0 Å². The highest BCUT2D eigenvalue weighted by molar-refractivity contribution is 7.95. The van der Waals surface area contributed by atoms with Gasteiger partial charge in [-0.2, -0.15) is 0 Å². The van der Waals surface area contributed by atoms with Gasteiger partial charge in [0, 0.05) is 11.0 Å². The molecule has 0 fully saturated rings. The van der Waals surface area contributed by atoms with Crippen LogP contribution in [-0.4, -0.2) is 27.8 Å². The van der Waals surface area contributed by atoms with Crippen LogP contribution in [0.4, 0.5) is 4.39 Å². The van der Waals surface area contributed by atoms with E-state index in [1.807, 2.05) is 0 Å². The van der Waals surface area contributed by atoms with Crippen molar-refractivity contribution in [2.45, 2.75) is 24.0 Å². The molecule has 0 unspecified atom stereocenters. The van der Waals surface area contributed by atoms with Gasteiger partial charge in [0.15, 0.2) is 9.84 Å². The molecule has 0 bridgehead atoms. The van der Waals surface area contributed by atoms with Crippen molar-refractivity contribution < 1.29 is 21.2 Å². The summed E-state index contributed by atoms with van der Waals surface area (Å²) in [5, 5.41) is 0.202. The first-order chi connectivity index (χ1) is 8.65. The second-order valence-electron chi connectivity index (χ2n) is 4.66. The van der Waals surface area contributed by atoms with Crippen LogP contribution in [0, 0.1) is 5.82 Å². The number of sulfone groups is 2. The fraction of sp³-hybridized carbons (Fsp3) is 0.333. The van der Waals surface area contributed by atoms with Gasteiger partial charge >= 0.3 is 0 Å². The number of hydrogen-bond acceptors (Lipinski definition) is 4. The average molecular weight is 304 g/mol. The Hall–Kier alpha value is -1.21. The first-order valence-electron chi connectivity index (χ1n) is 5.61. The zero-order valence-corrected chi connectivity index (χ0v) is 12.1. The molecule has 19 heavy (non-hydrogen) atoms. The van der Waals surface area contributed by atoms with E-state index >= 15 is 0 Å². The summed E-state index contributed by atoms with van der Waals surface area (Å²) in [6.45, 7) is 3.00. The molecule has 0 amide bonds. The predicted octanol–water partition coefficient (Wildman–Crippen LogP) is 1.78. The van der Waals surface area contributed by atoms with Gasteiger partial charge < -0.3 is 0 Å². The van der Waals surface area contributed by atoms with Crippen molar-refractivity contribution in [3.8, 4) is 0 Å². The first-order valence-corrected chi connectivity index (χ1v) is 8.87. The maximum atomic E-state index is 13.8. The van der Waals surface area contributed by atoms with Crippen molar-refractivity contribution in [2.75, 3.05) is 5.75 Å². The summed E-state index contributed by atoms with van der Waals surface area (Å²) in [5.41, 5.74) is -0.117. The monoisotopic (exact) mass is 304 g/mol. The van der Waals surface area contributed by atoms with E-state index in [0.29, 0.717) is 0 Å². The summed E-state index contributed by atoms with van der Waals surface area (Å²) < 4.78 is 61.1. The molecule has 2 rings (SSSR count). The van der Waals surface area contributed by atoms with E-state index < -0.39 is 36.5 Å². The van der Waals surface area contributed by atoms with Crippen LogP contribution < -0.4 is 0 Å². The van der Waals surface area contributed by atoms with Gasteiger partial charge in [0.1, 0.15) is 5.82 Å². The van der Waals surface area contributed by atoms with Crippen LogP contribution in [0.5, 0.6) is 0 Å². The molecule has 104 valence electrons. The molecule has 1 aliphatic rings. The number of fused-ring (bicyclic) bond motifs is 1. The molecular weight excluding hydrogens is 291 g/mol. The molecule has 1 heterocycles. The van der Waals surface area contributed by atoms with Gasteiger partial charge in [0.05, 0.1) is 15.9 Å². The van der Waals surface area contributed by atoms with E-state index in [1.165, 1.54) is 26.0 Å². The normalized spacial score (nSPS) is 17.4. The number of benzene rings is 1. The Morgan fingerprint density at radius 2 is 1.89 bits per heavy atom. The molecule has 7 heteroatoms. The van der Waals surface area contributed by atoms with Gasteiger partial charge in [-0.05, 0) is 31.6 Å². The first kappa shape index (κ1) is 14.2. The fourth-order valence-electron chi connectivity index (χ4n) is 1.85. The lowest BCUT2D eigenvalue weighted by Gasteiger charge is -2.09. The third kappa shape index (κ3) is 2.44. The van der Waals surface area contributed by atoms with E-state index in [0.717, 1.165) is 11.5 Å².